The lowest BCUT2D eigenvalue weighted by molar-refractivity contribution is -0.438. The number of carbonyl (C=O) groups excluding carboxylic acids is 2. The van der Waals surface area contributed by atoms with Gasteiger partial charge in [-0.25, -0.2) is 13.0 Å². The average Bonchev–Trinajstić information content (AvgIpc) is 1.74. The van der Waals surface area contributed by atoms with Gasteiger partial charge in [-0.3, -0.25) is 4.55 Å². The smallest absolute Gasteiger partial charge is 0.294 e. The van der Waals surface area contributed by atoms with Crippen LogP contribution in [0.2, 0.25) is 0 Å². The first-order chi connectivity index (χ1) is 39.5. The van der Waals surface area contributed by atoms with Gasteiger partial charge in [-0.2, -0.15) is 13.0 Å². The van der Waals surface area contributed by atoms with Crippen LogP contribution in [0.4, 0.5) is 17.1 Å². The molecular formula is C67H74N4O10S2. The molecule has 16 heteroatoms. The number of unbranched alkanes of at least 4 members (excludes halogenated alkanes) is 2. The minimum absolute atomic E-state index is 0.145. The minimum atomic E-state index is -4.58. The number of benzene rings is 5. The van der Waals surface area contributed by atoms with Crippen LogP contribution in [0.3, 0.4) is 0 Å². The standard InChI is InChI=1S/C34H42N2O7S2.C33H32N2O3/c1-7-35-29-19-17-25(44(38,39)40)22-27(29)33(3,4)31(35)15-11-8-12-16-32-34(5,6)28-23-26(45(41,42)43)18-20-30(28)36(32)21-13-9-10-14-24(2)37;1-19-10-11-22(25(16-19)33(36)37)28-26-17-20-6-2-12-34-14-4-8-23(29(20)34)31(26)38-32-24-9-5-15-35-13-3-7-21(30(24)35)18-27(28)32/h8,11-12,15-20,22-23H,7,9-10,13-14,21H2,1-6H3,(H-,38,39,40,41,42,43);10-11,16-18H,2-9,12-15H2,1H3. The highest BCUT2D eigenvalue weighted by Crippen LogP contribution is 2.50. The van der Waals surface area contributed by atoms with Crippen LogP contribution in [0.1, 0.15) is 153 Å². The van der Waals surface area contributed by atoms with Crippen molar-refractivity contribution in [3.63, 3.8) is 0 Å². The zero-order valence-electron chi connectivity index (χ0n) is 48.7. The van der Waals surface area contributed by atoms with Crippen molar-refractivity contribution >= 4 is 60.3 Å². The molecule has 0 amide bonds. The largest absolute Gasteiger partial charge is 0.744 e. The van der Waals surface area contributed by atoms with Gasteiger partial charge in [-0.1, -0.05) is 49.8 Å². The molecule has 0 fully saturated rings. The maximum Gasteiger partial charge on any atom is 0.294 e. The van der Waals surface area contributed by atoms with E-state index in [9.17, 15) is 40.6 Å². The number of anilines is 2. The molecule has 0 bridgehead atoms. The molecule has 0 unspecified atom stereocenters. The van der Waals surface area contributed by atoms with Gasteiger partial charge in [0, 0.05) is 119 Å². The number of rotatable bonds is 14. The summed E-state index contributed by atoms with van der Waals surface area (Å²) in [6.45, 7) is 19.4. The quantitative estimate of drug-likeness (QED) is 0.0472. The monoisotopic (exact) mass is 1160 g/mol. The van der Waals surface area contributed by atoms with Crippen molar-refractivity contribution in [1.29, 1.82) is 0 Å². The fourth-order valence-electron chi connectivity index (χ4n) is 14.2. The summed E-state index contributed by atoms with van der Waals surface area (Å²) in [6, 6.07) is 19.6. The van der Waals surface area contributed by atoms with Crippen molar-refractivity contribution in [2.75, 3.05) is 49.1 Å². The molecule has 5 aromatic carbocycles. The highest BCUT2D eigenvalue weighted by atomic mass is 32.2. The van der Waals surface area contributed by atoms with Crippen LogP contribution in [-0.2, 0) is 61.5 Å². The Hall–Kier alpha value is -6.98. The molecule has 0 spiro atoms. The van der Waals surface area contributed by atoms with E-state index in [4.69, 9.17) is 4.74 Å². The number of carboxylic acid groups (broad SMARTS) is 1. The van der Waals surface area contributed by atoms with Crippen LogP contribution in [0.25, 0.3) is 5.57 Å². The first-order valence-corrected chi connectivity index (χ1v) is 32.3. The highest BCUT2D eigenvalue weighted by molar-refractivity contribution is 7.86. The van der Waals surface area contributed by atoms with Gasteiger partial charge in [-0.05, 0) is 157 Å². The lowest BCUT2D eigenvalue weighted by atomic mass is 9.81. The van der Waals surface area contributed by atoms with Crippen molar-refractivity contribution < 1.29 is 49.9 Å². The van der Waals surface area contributed by atoms with E-state index in [1.165, 1.54) is 57.6 Å². The Kier molecular flexibility index (Phi) is 15.5. The molecule has 1 N–H and O–H groups in total. The molecule has 0 aromatic heterocycles. The number of Topliss-reactive ketones (excluding diaryl/α,β-unsaturated/α-hetero) is 1. The number of carboxylic acids is 1. The summed E-state index contributed by atoms with van der Waals surface area (Å²) in [5.41, 5.74) is 14.9. The van der Waals surface area contributed by atoms with E-state index in [1.807, 2.05) is 84.1 Å². The number of ketones is 1. The summed E-state index contributed by atoms with van der Waals surface area (Å²) in [7, 11) is -8.94. The van der Waals surface area contributed by atoms with E-state index in [0.717, 1.165) is 170 Å². The van der Waals surface area contributed by atoms with Gasteiger partial charge in [0.25, 0.3) is 10.1 Å². The third-order valence-electron chi connectivity index (χ3n) is 18.1. The number of carbonyl (C=O) groups is 2. The van der Waals surface area contributed by atoms with E-state index in [0.29, 0.717) is 19.5 Å². The van der Waals surface area contributed by atoms with Crippen LogP contribution in [0, 0.1) is 6.92 Å². The van der Waals surface area contributed by atoms with Crippen LogP contribution >= 0.6 is 0 Å². The second kappa shape index (κ2) is 22.2. The van der Waals surface area contributed by atoms with Gasteiger partial charge in [0.05, 0.1) is 26.7 Å². The molecule has 83 heavy (non-hydrogen) atoms. The van der Waals surface area contributed by atoms with Crippen molar-refractivity contribution in [2.24, 2.45) is 0 Å². The molecule has 7 aliphatic heterocycles. The van der Waals surface area contributed by atoms with Crippen molar-refractivity contribution in [1.82, 2.24) is 4.58 Å². The fraction of sp³-hybridized carbons (Fsp3) is 0.403. The van der Waals surface area contributed by atoms with Crippen LogP contribution in [0.15, 0.2) is 113 Å². The van der Waals surface area contributed by atoms with E-state index < -0.39 is 37.0 Å². The first-order valence-electron chi connectivity index (χ1n) is 29.4. The zero-order chi connectivity index (χ0) is 58.9. The molecule has 7 aliphatic rings. The van der Waals surface area contributed by atoms with E-state index in [1.54, 1.807) is 25.1 Å². The Morgan fingerprint density at radius 1 is 0.759 bits per heavy atom. The number of hydrogen-bond acceptors (Lipinski definition) is 11. The van der Waals surface area contributed by atoms with E-state index >= 15 is 0 Å². The Bertz CT molecular complexity index is 4070. The summed E-state index contributed by atoms with van der Waals surface area (Å²) in [4.78, 5) is 28.1. The number of ether oxygens (including phenoxy) is 1. The van der Waals surface area contributed by atoms with Gasteiger partial charge in [-0.15, -0.1) is 0 Å². The van der Waals surface area contributed by atoms with Gasteiger partial charge in [0.1, 0.15) is 47.0 Å². The second-order valence-corrected chi connectivity index (χ2v) is 27.1. The summed E-state index contributed by atoms with van der Waals surface area (Å²) >= 11 is 0. The highest BCUT2D eigenvalue weighted by Gasteiger charge is 2.45. The van der Waals surface area contributed by atoms with Crippen LogP contribution in [0.5, 0.6) is 11.5 Å². The predicted octanol–water partition coefficient (Wildman–Crippen LogP) is 8.97. The molecule has 0 radical (unpaired) electrons. The van der Waals surface area contributed by atoms with Crippen LogP contribution < -0.4 is 34.8 Å². The third-order valence-corrected chi connectivity index (χ3v) is 19.8. The Morgan fingerprint density at radius 3 is 2.19 bits per heavy atom. The van der Waals surface area contributed by atoms with Gasteiger partial charge in [0.2, 0.25) is 11.0 Å². The maximum atomic E-state index is 12.5. The predicted molar refractivity (Wildman–Crippen MR) is 321 cm³/mol. The maximum absolute atomic E-state index is 12.5. The van der Waals surface area contributed by atoms with Gasteiger partial charge < -0.3 is 33.8 Å². The molecule has 7 heterocycles. The van der Waals surface area contributed by atoms with Crippen LogP contribution in [-0.4, -0.2) is 87.2 Å². The molecule has 0 aliphatic carbocycles. The van der Waals surface area contributed by atoms with E-state index in [-0.39, 0.29) is 21.1 Å². The summed E-state index contributed by atoms with van der Waals surface area (Å²) in [5, 5.41) is 14.9. The molecule has 14 nitrogen and oxygen atoms in total. The summed E-state index contributed by atoms with van der Waals surface area (Å²) < 4.78 is 80.4. The number of aromatic carboxylic acids is 1. The summed E-state index contributed by atoms with van der Waals surface area (Å²) in [6.07, 6.45) is 21.5. The number of aryl methyl sites for hydroxylation is 3. The number of nitrogens with zero attached hydrogens (tertiary/aromatic N) is 4. The van der Waals surface area contributed by atoms with E-state index in [2.05, 4.69) is 31.1 Å². The molecular weight excluding hydrogens is 1080 g/mol. The molecule has 12 rings (SSSR count). The third kappa shape index (κ3) is 10.6. The Balaban J connectivity index is 0.000000175. The number of fused-ring (bicyclic) bond motifs is 6. The molecule has 0 atom stereocenters. The molecule has 0 saturated carbocycles. The molecule has 5 aromatic rings. The zero-order valence-corrected chi connectivity index (χ0v) is 50.3. The lowest BCUT2D eigenvalue weighted by Gasteiger charge is -2.39. The summed E-state index contributed by atoms with van der Waals surface area (Å²) in [5.74, 6) is 0.949. The molecule has 434 valence electrons. The minimum Gasteiger partial charge on any atom is -0.744 e. The van der Waals surface area contributed by atoms with Crippen molar-refractivity contribution in [2.45, 2.75) is 146 Å². The van der Waals surface area contributed by atoms with Crippen molar-refractivity contribution in [3.05, 3.63) is 169 Å². The normalized spacial score (nSPS) is 18.5. The number of likely N-dealkylation sites (N-methyl/N-ethyl adjacent to an activating group) is 1. The lowest BCUT2D eigenvalue weighted by Crippen LogP contribution is -2.45. The topological polar surface area (TPSA) is 190 Å². The number of allylic oxidation sites excluding steroid dienone is 6. The molecule has 0 saturated heterocycles. The Labute approximate surface area is 488 Å². The van der Waals surface area contributed by atoms with Crippen molar-refractivity contribution in [3.8, 4) is 11.5 Å². The number of hydrogen-bond donors (Lipinski definition) is 1. The average molecular weight is 1160 g/mol. The Morgan fingerprint density at radius 2 is 1.47 bits per heavy atom. The second-order valence-electron chi connectivity index (χ2n) is 24.3. The van der Waals surface area contributed by atoms with Gasteiger partial charge >= 0.3 is 0 Å². The van der Waals surface area contributed by atoms with Gasteiger partial charge in [0.15, 0.2) is 5.71 Å². The fourth-order valence-corrected chi connectivity index (χ4v) is 15.2. The SMILES string of the molecule is CCN1C(=CC=CC=CC2=[N+](CCCCCC(C)=O)c3ccc(S(=O)(=O)O)cc3C2(C)C)C(C)(C)c2cc(S(=O)(=O)[O-])ccc21.Cc1ccc(C2=c3cc4c5c(c3Oc3c2cc2c6c3CCCN6CCC2)CCC[N+]=5CCC4)c(C(=O)[O-])c1. The first kappa shape index (κ1) is 57.8.